The molecule has 38 heavy (non-hydrogen) atoms. The highest BCUT2D eigenvalue weighted by atomic mass is 16.5. The van der Waals surface area contributed by atoms with Crippen molar-refractivity contribution >= 4 is 23.9 Å². The average molecular weight is 524 g/mol. The van der Waals surface area contributed by atoms with Crippen LogP contribution in [0.1, 0.15) is 50.2 Å². The van der Waals surface area contributed by atoms with E-state index in [4.69, 9.17) is 20.6 Å². The van der Waals surface area contributed by atoms with E-state index in [-0.39, 0.29) is 30.8 Å². The Morgan fingerprint density at radius 3 is 2.18 bits per heavy atom. The molecule has 0 saturated carbocycles. The number of fused-ring (bicyclic) bond motifs is 3. The number of methoxy groups -OCH3 is 1. The highest BCUT2D eigenvalue weighted by molar-refractivity contribution is 5.90. The molecule has 0 heterocycles. The fraction of sp³-hybridized carbons (Fsp3) is 0.429. The molecular weight excluding hydrogens is 486 g/mol. The molecule has 0 spiro atoms. The second kappa shape index (κ2) is 13.5. The monoisotopic (exact) mass is 523 g/mol. The molecule has 0 radical (unpaired) electrons. The zero-order valence-corrected chi connectivity index (χ0v) is 22.1. The standard InChI is InChI=1S/C28H37N5O5/c1-4-17(2)24(25(34)32-23(26(35)37-3)14-9-15-31-27(29)30)33-28(36)38-16-22-20-12-7-5-10-18(20)19-11-6-8-13-21(19)22/h5-8,10-13,17,22-24H,4,9,14-16H2,1-3H3,(H,32,34)(H,33,36)(H4,29,30,31)/t17-,23-,24-/m0/s1. The van der Waals surface area contributed by atoms with E-state index >= 15 is 0 Å². The third-order valence-electron chi connectivity index (χ3n) is 6.90. The molecule has 0 saturated heterocycles. The van der Waals surface area contributed by atoms with Crippen LogP contribution in [0.5, 0.6) is 0 Å². The average Bonchev–Trinajstić information content (AvgIpc) is 3.24. The number of nitrogens with one attached hydrogen (secondary N) is 4. The first-order valence-electron chi connectivity index (χ1n) is 12.8. The largest absolute Gasteiger partial charge is 0.467 e. The third kappa shape index (κ3) is 7.02. The lowest BCUT2D eigenvalue weighted by atomic mass is 9.97. The molecule has 2 amide bonds. The van der Waals surface area contributed by atoms with Crippen LogP contribution in [0.2, 0.25) is 0 Å². The van der Waals surface area contributed by atoms with Crippen molar-refractivity contribution in [2.24, 2.45) is 11.7 Å². The number of ether oxygens (including phenoxy) is 2. The zero-order valence-electron chi connectivity index (χ0n) is 22.1. The Kier molecular flexibility index (Phi) is 10.1. The Labute approximate surface area is 223 Å². The van der Waals surface area contributed by atoms with Gasteiger partial charge in [-0.25, -0.2) is 9.59 Å². The van der Waals surface area contributed by atoms with E-state index in [0.29, 0.717) is 19.4 Å². The van der Waals surface area contributed by atoms with E-state index in [0.717, 1.165) is 22.3 Å². The first kappa shape index (κ1) is 28.5. The van der Waals surface area contributed by atoms with E-state index in [1.165, 1.54) is 7.11 Å². The van der Waals surface area contributed by atoms with Crippen molar-refractivity contribution in [1.82, 2.24) is 16.0 Å². The minimum absolute atomic E-state index is 0.101. The second-order valence-corrected chi connectivity index (χ2v) is 9.40. The number of carbonyl (C=O) groups is 3. The smallest absolute Gasteiger partial charge is 0.407 e. The van der Waals surface area contributed by atoms with Crippen LogP contribution in [0.15, 0.2) is 48.5 Å². The fourth-order valence-corrected chi connectivity index (χ4v) is 4.65. The topological polar surface area (TPSA) is 156 Å². The van der Waals surface area contributed by atoms with Crippen molar-refractivity contribution in [1.29, 1.82) is 5.41 Å². The number of alkyl carbamates (subject to hydrolysis) is 1. The molecule has 204 valence electrons. The maximum Gasteiger partial charge on any atom is 0.407 e. The highest BCUT2D eigenvalue weighted by Gasteiger charge is 2.32. The summed E-state index contributed by atoms with van der Waals surface area (Å²) in [5, 5.41) is 15.3. The van der Waals surface area contributed by atoms with Crippen molar-refractivity contribution < 1.29 is 23.9 Å². The zero-order chi connectivity index (χ0) is 27.7. The summed E-state index contributed by atoms with van der Waals surface area (Å²) in [5.41, 5.74) is 9.72. The molecule has 0 bridgehead atoms. The lowest BCUT2D eigenvalue weighted by Crippen LogP contribution is -2.54. The van der Waals surface area contributed by atoms with Crippen LogP contribution in [0, 0.1) is 11.3 Å². The molecule has 2 aromatic carbocycles. The molecule has 10 heteroatoms. The quantitative estimate of drug-likeness (QED) is 0.124. The highest BCUT2D eigenvalue weighted by Crippen LogP contribution is 2.44. The summed E-state index contributed by atoms with van der Waals surface area (Å²) in [6, 6.07) is 14.3. The first-order valence-corrected chi connectivity index (χ1v) is 12.8. The van der Waals surface area contributed by atoms with E-state index < -0.39 is 30.1 Å². The van der Waals surface area contributed by atoms with Gasteiger partial charge in [0.15, 0.2) is 5.96 Å². The van der Waals surface area contributed by atoms with Crippen LogP contribution in [-0.4, -0.2) is 56.3 Å². The summed E-state index contributed by atoms with van der Waals surface area (Å²) >= 11 is 0. The van der Waals surface area contributed by atoms with E-state index in [1.807, 2.05) is 50.2 Å². The van der Waals surface area contributed by atoms with Crippen molar-refractivity contribution in [3.8, 4) is 11.1 Å². The summed E-state index contributed by atoms with van der Waals surface area (Å²) in [6.45, 7) is 4.25. The first-order chi connectivity index (χ1) is 18.3. The van der Waals surface area contributed by atoms with Gasteiger partial charge in [-0.2, -0.15) is 0 Å². The van der Waals surface area contributed by atoms with Crippen LogP contribution in [0.4, 0.5) is 4.79 Å². The van der Waals surface area contributed by atoms with Crippen molar-refractivity contribution in [3.05, 3.63) is 59.7 Å². The minimum Gasteiger partial charge on any atom is -0.467 e. The molecule has 3 atom stereocenters. The van der Waals surface area contributed by atoms with Crippen LogP contribution < -0.4 is 21.7 Å². The van der Waals surface area contributed by atoms with Gasteiger partial charge in [0, 0.05) is 12.5 Å². The van der Waals surface area contributed by atoms with E-state index in [1.54, 1.807) is 0 Å². The lowest BCUT2D eigenvalue weighted by molar-refractivity contribution is -0.145. The summed E-state index contributed by atoms with van der Waals surface area (Å²) in [7, 11) is 1.25. The number of esters is 1. The molecule has 0 unspecified atom stereocenters. The molecule has 1 aliphatic carbocycles. The van der Waals surface area contributed by atoms with Crippen molar-refractivity contribution in [2.75, 3.05) is 20.3 Å². The van der Waals surface area contributed by atoms with Crippen LogP contribution in [0.3, 0.4) is 0 Å². The van der Waals surface area contributed by atoms with Gasteiger partial charge in [-0.05, 0) is 41.0 Å². The van der Waals surface area contributed by atoms with Gasteiger partial charge in [0.25, 0.3) is 0 Å². The molecule has 6 N–H and O–H groups in total. The molecule has 0 aromatic heterocycles. The summed E-state index contributed by atoms with van der Waals surface area (Å²) in [6.07, 6.45) is 0.657. The van der Waals surface area contributed by atoms with Gasteiger partial charge in [-0.15, -0.1) is 0 Å². The number of guanidine groups is 1. The molecule has 0 fully saturated rings. The number of amides is 2. The molecular formula is C28H37N5O5. The van der Waals surface area contributed by atoms with Gasteiger partial charge in [-0.3, -0.25) is 10.2 Å². The van der Waals surface area contributed by atoms with Gasteiger partial charge in [-0.1, -0.05) is 68.8 Å². The van der Waals surface area contributed by atoms with Gasteiger partial charge in [0.05, 0.1) is 7.11 Å². The number of carbonyl (C=O) groups excluding carboxylic acids is 3. The van der Waals surface area contributed by atoms with Crippen LogP contribution in [-0.2, 0) is 19.1 Å². The molecule has 2 aromatic rings. The molecule has 3 rings (SSSR count). The van der Waals surface area contributed by atoms with Gasteiger partial charge in [0.1, 0.15) is 18.7 Å². The maximum atomic E-state index is 13.2. The third-order valence-corrected chi connectivity index (χ3v) is 6.90. The molecule has 1 aliphatic rings. The lowest BCUT2D eigenvalue weighted by Gasteiger charge is -2.26. The number of nitrogens with two attached hydrogens (primary N) is 1. The van der Waals surface area contributed by atoms with E-state index in [9.17, 15) is 14.4 Å². The summed E-state index contributed by atoms with van der Waals surface area (Å²) in [4.78, 5) is 38.3. The fourth-order valence-electron chi connectivity index (χ4n) is 4.65. The van der Waals surface area contributed by atoms with Crippen molar-refractivity contribution in [2.45, 2.75) is 51.1 Å². The summed E-state index contributed by atoms with van der Waals surface area (Å²) in [5.74, 6) is -1.58. The van der Waals surface area contributed by atoms with Gasteiger partial charge in [0.2, 0.25) is 5.91 Å². The van der Waals surface area contributed by atoms with Gasteiger partial charge >= 0.3 is 12.1 Å². The van der Waals surface area contributed by atoms with Crippen LogP contribution in [0.25, 0.3) is 11.1 Å². The Morgan fingerprint density at radius 1 is 1.03 bits per heavy atom. The Balaban J connectivity index is 1.64. The number of hydrogen-bond donors (Lipinski definition) is 5. The predicted molar refractivity (Wildman–Crippen MR) is 145 cm³/mol. The van der Waals surface area contributed by atoms with Gasteiger partial charge < -0.3 is 31.2 Å². The van der Waals surface area contributed by atoms with Crippen LogP contribution >= 0.6 is 0 Å². The normalized spacial score (nSPS) is 14.3. The van der Waals surface area contributed by atoms with Crippen molar-refractivity contribution in [3.63, 3.8) is 0 Å². The minimum atomic E-state index is -0.905. The predicted octanol–water partition coefficient (Wildman–Crippen LogP) is 2.86. The second-order valence-electron chi connectivity index (χ2n) is 9.40. The SMILES string of the molecule is CC[C@H](C)[C@H](NC(=O)OCC1c2ccccc2-c2ccccc21)C(=O)N[C@@H](CCCNC(=N)N)C(=O)OC. The Bertz CT molecular complexity index is 1110. The number of rotatable bonds is 12. The molecule has 10 nitrogen and oxygen atoms in total. The summed E-state index contributed by atoms with van der Waals surface area (Å²) < 4.78 is 10.5. The number of benzene rings is 2. The van der Waals surface area contributed by atoms with E-state index in [2.05, 4.69) is 28.1 Å². The Hall–Kier alpha value is -4.08. The maximum absolute atomic E-state index is 13.2. The Morgan fingerprint density at radius 2 is 1.63 bits per heavy atom. The molecule has 0 aliphatic heterocycles. The number of hydrogen-bond acceptors (Lipinski definition) is 6.